The van der Waals surface area contributed by atoms with Gasteiger partial charge in [0.05, 0.1) is 5.69 Å². The molecule has 1 fully saturated rings. The fourth-order valence-electron chi connectivity index (χ4n) is 3.84. The van der Waals surface area contributed by atoms with Crippen LogP contribution in [-0.2, 0) is 0 Å². The molecule has 3 heteroatoms. The van der Waals surface area contributed by atoms with Gasteiger partial charge in [-0.05, 0) is 48.5 Å². The van der Waals surface area contributed by atoms with Gasteiger partial charge in [-0.15, -0.1) is 0 Å². The van der Waals surface area contributed by atoms with E-state index in [1.54, 1.807) is 0 Å². The van der Waals surface area contributed by atoms with Crippen molar-refractivity contribution in [3.05, 3.63) is 35.9 Å². The molecule has 0 amide bonds. The van der Waals surface area contributed by atoms with Gasteiger partial charge in [-0.25, -0.2) is 0 Å². The van der Waals surface area contributed by atoms with E-state index in [0.717, 1.165) is 11.6 Å². The number of nitrogens with zero attached hydrogens (tertiary/aromatic N) is 1. The van der Waals surface area contributed by atoms with Gasteiger partial charge in [-0.1, -0.05) is 45.0 Å². The maximum absolute atomic E-state index is 5.77. The first-order valence-corrected chi connectivity index (χ1v) is 8.35. The first kappa shape index (κ1) is 15.1. The molecular formula is C19H27N3. The Morgan fingerprint density at radius 1 is 1.09 bits per heavy atom. The van der Waals surface area contributed by atoms with Crippen LogP contribution in [0.2, 0.25) is 0 Å². The molecule has 0 bridgehead atoms. The number of anilines is 1. The molecule has 0 unspecified atom stereocenters. The van der Waals surface area contributed by atoms with E-state index in [-0.39, 0.29) is 0 Å². The Hall–Kier alpha value is -1.77. The number of rotatable bonds is 2. The topological polar surface area (TPSA) is 54.7 Å². The minimum atomic E-state index is 0.433. The highest BCUT2D eigenvalue weighted by atomic mass is 15.2. The smallest absolute Gasteiger partial charge is 0.145 e. The van der Waals surface area contributed by atoms with Gasteiger partial charge in [-0.2, -0.15) is 5.10 Å². The van der Waals surface area contributed by atoms with E-state index < -0.39 is 0 Å². The summed E-state index contributed by atoms with van der Waals surface area (Å²) >= 11 is 0. The first-order valence-electron chi connectivity index (χ1n) is 8.35. The maximum Gasteiger partial charge on any atom is 0.145 e. The Kier molecular flexibility index (Phi) is 3.98. The average Bonchev–Trinajstić information content (AvgIpc) is 2.93. The van der Waals surface area contributed by atoms with E-state index >= 15 is 0 Å². The van der Waals surface area contributed by atoms with Crippen molar-refractivity contribution >= 4 is 5.82 Å². The summed E-state index contributed by atoms with van der Waals surface area (Å²) in [6.45, 7) is 7.12. The predicted molar refractivity (Wildman–Crippen MR) is 92.6 cm³/mol. The minimum Gasteiger partial charge on any atom is -0.382 e. The number of nitrogens with two attached hydrogens (primary N) is 1. The highest BCUT2D eigenvalue weighted by molar-refractivity contribution is 5.66. The third kappa shape index (κ3) is 3.03. The Labute approximate surface area is 133 Å². The Morgan fingerprint density at radius 3 is 2.36 bits per heavy atom. The SMILES string of the molecule is CC(C)(C)C1CCC(c2ccccc2-c2cc(N)n[nH]2)CC1. The van der Waals surface area contributed by atoms with E-state index in [2.05, 4.69) is 55.2 Å². The summed E-state index contributed by atoms with van der Waals surface area (Å²) in [6, 6.07) is 10.6. The molecule has 22 heavy (non-hydrogen) atoms. The van der Waals surface area contributed by atoms with E-state index in [9.17, 15) is 0 Å². The number of aromatic nitrogens is 2. The molecule has 1 aromatic heterocycles. The van der Waals surface area contributed by atoms with E-state index in [1.165, 1.54) is 36.8 Å². The van der Waals surface area contributed by atoms with Crippen molar-refractivity contribution in [2.24, 2.45) is 11.3 Å². The second kappa shape index (κ2) is 5.79. The van der Waals surface area contributed by atoms with Crippen molar-refractivity contribution in [3.63, 3.8) is 0 Å². The summed E-state index contributed by atoms with van der Waals surface area (Å²) in [5.74, 6) is 2.05. The molecule has 0 atom stereocenters. The zero-order chi connectivity index (χ0) is 15.7. The molecule has 1 heterocycles. The van der Waals surface area contributed by atoms with Crippen LogP contribution in [0.1, 0.15) is 57.9 Å². The van der Waals surface area contributed by atoms with Gasteiger partial charge in [0.15, 0.2) is 0 Å². The minimum absolute atomic E-state index is 0.433. The monoisotopic (exact) mass is 297 g/mol. The normalized spacial score (nSPS) is 22.7. The lowest BCUT2D eigenvalue weighted by molar-refractivity contribution is 0.169. The van der Waals surface area contributed by atoms with Crippen LogP contribution in [0.4, 0.5) is 5.82 Å². The van der Waals surface area contributed by atoms with Gasteiger partial charge in [-0.3, -0.25) is 5.10 Å². The zero-order valence-electron chi connectivity index (χ0n) is 13.9. The number of benzene rings is 1. The summed E-state index contributed by atoms with van der Waals surface area (Å²) in [4.78, 5) is 0. The van der Waals surface area contributed by atoms with Crippen molar-refractivity contribution in [1.82, 2.24) is 10.2 Å². The van der Waals surface area contributed by atoms with Crippen LogP contribution in [0.3, 0.4) is 0 Å². The molecule has 3 nitrogen and oxygen atoms in total. The first-order chi connectivity index (χ1) is 10.4. The van der Waals surface area contributed by atoms with Gasteiger partial charge >= 0.3 is 0 Å². The molecule has 3 rings (SSSR count). The Balaban J connectivity index is 1.82. The lowest BCUT2D eigenvalue weighted by Crippen LogP contribution is -2.25. The Morgan fingerprint density at radius 2 is 1.77 bits per heavy atom. The molecule has 0 spiro atoms. The highest BCUT2D eigenvalue weighted by Gasteiger charge is 2.31. The lowest BCUT2D eigenvalue weighted by atomic mass is 9.68. The fraction of sp³-hybridized carbons (Fsp3) is 0.526. The van der Waals surface area contributed by atoms with E-state index in [1.807, 2.05) is 6.07 Å². The average molecular weight is 297 g/mol. The van der Waals surface area contributed by atoms with Crippen molar-refractivity contribution in [2.75, 3.05) is 5.73 Å². The molecular weight excluding hydrogens is 270 g/mol. The lowest BCUT2D eigenvalue weighted by Gasteiger charge is -2.37. The predicted octanol–water partition coefficient (Wildman–Crippen LogP) is 4.98. The number of aromatic amines is 1. The van der Waals surface area contributed by atoms with E-state index in [0.29, 0.717) is 17.2 Å². The van der Waals surface area contributed by atoms with Crippen molar-refractivity contribution < 1.29 is 0 Å². The summed E-state index contributed by atoms with van der Waals surface area (Å²) < 4.78 is 0. The maximum atomic E-state index is 5.77. The van der Waals surface area contributed by atoms with Crippen LogP contribution < -0.4 is 5.73 Å². The van der Waals surface area contributed by atoms with Gasteiger partial charge in [0.2, 0.25) is 0 Å². The molecule has 0 saturated heterocycles. The molecule has 0 radical (unpaired) electrons. The number of hydrogen-bond donors (Lipinski definition) is 2. The third-order valence-electron chi connectivity index (χ3n) is 5.24. The third-order valence-corrected chi connectivity index (χ3v) is 5.24. The van der Waals surface area contributed by atoms with Gasteiger partial charge in [0, 0.05) is 11.6 Å². The number of nitrogen functional groups attached to an aromatic ring is 1. The standard InChI is InChI=1S/C19H27N3/c1-19(2,3)14-10-8-13(9-11-14)15-6-4-5-7-16(15)17-12-18(20)22-21-17/h4-7,12-14H,8-11H2,1-3H3,(H3,20,21,22). The molecule has 118 valence electrons. The molecule has 2 aromatic rings. The second-order valence-electron chi connectivity index (χ2n) is 7.71. The van der Waals surface area contributed by atoms with Gasteiger partial charge in [0.1, 0.15) is 5.82 Å². The van der Waals surface area contributed by atoms with Crippen molar-refractivity contribution in [2.45, 2.75) is 52.4 Å². The molecule has 1 aliphatic carbocycles. The largest absolute Gasteiger partial charge is 0.382 e. The number of hydrogen-bond acceptors (Lipinski definition) is 2. The van der Waals surface area contributed by atoms with Crippen LogP contribution in [0.5, 0.6) is 0 Å². The van der Waals surface area contributed by atoms with Gasteiger partial charge in [0.25, 0.3) is 0 Å². The summed E-state index contributed by atoms with van der Waals surface area (Å²) in [6.07, 6.45) is 5.21. The summed E-state index contributed by atoms with van der Waals surface area (Å²) in [5.41, 5.74) is 9.93. The van der Waals surface area contributed by atoms with Crippen LogP contribution in [0, 0.1) is 11.3 Å². The molecule has 0 aliphatic heterocycles. The summed E-state index contributed by atoms with van der Waals surface area (Å²) in [7, 11) is 0. The number of nitrogens with one attached hydrogen (secondary N) is 1. The fourth-order valence-corrected chi connectivity index (χ4v) is 3.84. The summed E-state index contributed by atoms with van der Waals surface area (Å²) in [5, 5.41) is 7.14. The Bertz CT molecular complexity index is 628. The van der Waals surface area contributed by atoms with Crippen LogP contribution >= 0.6 is 0 Å². The highest BCUT2D eigenvalue weighted by Crippen LogP contribution is 2.44. The van der Waals surface area contributed by atoms with Gasteiger partial charge < -0.3 is 5.73 Å². The number of H-pyrrole nitrogens is 1. The van der Waals surface area contributed by atoms with Crippen molar-refractivity contribution in [3.8, 4) is 11.3 Å². The quantitative estimate of drug-likeness (QED) is 0.821. The van der Waals surface area contributed by atoms with Crippen molar-refractivity contribution in [1.29, 1.82) is 0 Å². The zero-order valence-corrected chi connectivity index (χ0v) is 13.9. The van der Waals surface area contributed by atoms with Crippen LogP contribution in [0.25, 0.3) is 11.3 Å². The molecule has 1 aliphatic rings. The van der Waals surface area contributed by atoms with Crippen LogP contribution in [-0.4, -0.2) is 10.2 Å². The molecule has 3 N–H and O–H groups in total. The van der Waals surface area contributed by atoms with E-state index in [4.69, 9.17) is 5.73 Å². The second-order valence-corrected chi connectivity index (χ2v) is 7.71. The molecule has 1 aromatic carbocycles. The molecule has 1 saturated carbocycles. The van der Waals surface area contributed by atoms with Crippen LogP contribution in [0.15, 0.2) is 30.3 Å².